The number of benzene rings is 2. The van der Waals surface area contributed by atoms with Gasteiger partial charge in [-0.1, -0.05) is 53.2 Å². The standard InChI is InChI=1S/C15H14Cl2N2OS/c1-20-14-5-3-2-4-13(14)19-15(18)21-9-10-6-7-11(16)8-12(10)17/h2-8H,9H2,1H3,(H2,18,19). The molecule has 0 fully saturated rings. The van der Waals surface area contributed by atoms with Gasteiger partial charge >= 0.3 is 0 Å². The van der Waals surface area contributed by atoms with E-state index in [0.29, 0.717) is 32.4 Å². The van der Waals surface area contributed by atoms with Crippen molar-refractivity contribution in [3.8, 4) is 5.75 Å². The Labute approximate surface area is 138 Å². The van der Waals surface area contributed by atoms with Crippen LogP contribution in [0.5, 0.6) is 5.75 Å². The maximum absolute atomic E-state index is 6.12. The van der Waals surface area contributed by atoms with Crippen molar-refractivity contribution < 1.29 is 4.74 Å². The van der Waals surface area contributed by atoms with Gasteiger partial charge in [0.2, 0.25) is 0 Å². The fraction of sp³-hybridized carbons (Fsp3) is 0.133. The van der Waals surface area contributed by atoms with E-state index in [1.54, 1.807) is 19.2 Å². The zero-order chi connectivity index (χ0) is 15.2. The first-order valence-electron chi connectivity index (χ1n) is 6.14. The van der Waals surface area contributed by atoms with Gasteiger partial charge in [-0.05, 0) is 29.8 Å². The lowest BCUT2D eigenvalue weighted by Gasteiger charge is -2.06. The molecule has 0 radical (unpaired) electrons. The predicted octanol–water partition coefficient (Wildman–Crippen LogP) is 4.88. The molecule has 110 valence electrons. The monoisotopic (exact) mass is 340 g/mol. The normalized spacial score (nSPS) is 11.5. The Hall–Kier alpha value is -1.36. The van der Waals surface area contributed by atoms with E-state index in [1.165, 1.54) is 11.8 Å². The number of para-hydroxylation sites is 2. The van der Waals surface area contributed by atoms with E-state index < -0.39 is 0 Å². The summed E-state index contributed by atoms with van der Waals surface area (Å²) in [7, 11) is 1.60. The molecule has 0 spiro atoms. The van der Waals surface area contributed by atoms with Crippen molar-refractivity contribution in [3.05, 3.63) is 58.1 Å². The number of aliphatic imine (C=N–C) groups is 1. The number of halogens is 2. The van der Waals surface area contributed by atoms with Crippen LogP contribution >= 0.6 is 35.0 Å². The average Bonchev–Trinajstić information content (AvgIpc) is 2.47. The number of nitrogens with zero attached hydrogens (tertiary/aromatic N) is 1. The second-order valence-electron chi connectivity index (χ2n) is 4.15. The van der Waals surface area contributed by atoms with E-state index in [-0.39, 0.29) is 0 Å². The summed E-state index contributed by atoms with van der Waals surface area (Å²) in [5, 5.41) is 1.69. The first-order chi connectivity index (χ1) is 10.1. The molecule has 0 aliphatic rings. The quantitative estimate of drug-likeness (QED) is 0.637. The first-order valence-corrected chi connectivity index (χ1v) is 7.88. The molecule has 0 unspecified atom stereocenters. The molecule has 0 aliphatic heterocycles. The van der Waals surface area contributed by atoms with Crippen molar-refractivity contribution in [2.75, 3.05) is 7.11 Å². The van der Waals surface area contributed by atoms with Gasteiger partial charge in [0.05, 0.1) is 7.11 Å². The van der Waals surface area contributed by atoms with Gasteiger partial charge in [0.1, 0.15) is 11.4 Å². The minimum Gasteiger partial charge on any atom is -0.494 e. The molecule has 0 aromatic heterocycles. The van der Waals surface area contributed by atoms with E-state index in [9.17, 15) is 0 Å². The van der Waals surface area contributed by atoms with Gasteiger partial charge in [-0.2, -0.15) is 0 Å². The van der Waals surface area contributed by atoms with Gasteiger partial charge in [0, 0.05) is 15.8 Å². The number of amidine groups is 1. The number of rotatable bonds is 4. The topological polar surface area (TPSA) is 47.6 Å². The van der Waals surface area contributed by atoms with Crippen LogP contribution in [0.3, 0.4) is 0 Å². The summed E-state index contributed by atoms with van der Waals surface area (Å²) in [6.07, 6.45) is 0. The Bertz CT molecular complexity index is 662. The number of ether oxygens (including phenoxy) is 1. The van der Waals surface area contributed by atoms with Crippen LogP contribution in [0.2, 0.25) is 10.0 Å². The number of hydrogen-bond donors (Lipinski definition) is 1. The van der Waals surface area contributed by atoms with Gasteiger partial charge in [0.15, 0.2) is 5.17 Å². The van der Waals surface area contributed by atoms with Crippen LogP contribution in [-0.2, 0) is 5.75 Å². The summed E-state index contributed by atoms with van der Waals surface area (Å²) >= 11 is 13.4. The summed E-state index contributed by atoms with van der Waals surface area (Å²) in [6, 6.07) is 12.9. The van der Waals surface area contributed by atoms with Crippen molar-refractivity contribution >= 4 is 45.8 Å². The number of nitrogens with two attached hydrogens (primary N) is 1. The van der Waals surface area contributed by atoms with Gasteiger partial charge in [0.25, 0.3) is 0 Å². The third kappa shape index (κ3) is 4.56. The van der Waals surface area contributed by atoms with Crippen molar-refractivity contribution in [1.29, 1.82) is 0 Å². The van der Waals surface area contributed by atoms with Crippen LogP contribution in [-0.4, -0.2) is 12.3 Å². The van der Waals surface area contributed by atoms with E-state index in [4.69, 9.17) is 33.7 Å². The van der Waals surface area contributed by atoms with Gasteiger partial charge in [-0.25, -0.2) is 4.99 Å². The molecule has 0 bridgehead atoms. The Balaban J connectivity index is 2.07. The zero-order valence-corrected chi connectivity index (χ0v) is 13.7. The SMILES string of the molecule is COc1ccccc1N=C(N)SCc1ccc(Cl)cc1Cl. The molecule has 2 aromatic rings. The molecule has 2 rings (SSSR count). The zero-order valence-electron chi connectivity index (χ0n) is 11.3. The van der Waals surface area contributed by atoms with Crippen molar-refractivity contribution in [3.63, 3.8) is 0 Å². The number of hydrogen-bond acceptors (Lipinski definition) is 3. The Morgan fingerprint density at radius 2 is 2.00 bits per heavy atom. The minimum absolute atomic E-state index is 0.450. The molecule has 0 amide bonds. The van der Waals surface area contributed by atoms with Crippen molar-refractivity contribution in [2.24, 2.45) is 10.7 Å². The van der Waals surface area contributed by atoms with Gasteiger partial charge < -0.3 is 10.5 Å². The van der Waals surface area contributed by atoms with Gasteiger partial charge in [-0.15, -0.1) is 0 Å². The summed E-state index contributed by atoms with van der Waals surface area (Å²) in [4.78, 5) is 4.36. The lowest BCUT2D eigenvalue weighted by Crippen LogP contribution is -2.06. The molecular formula is C15H14Cl2N2OS. The molecular weight excluding hydrogens is 327 g/mol. The molecule has 6 heteroatoms. The highest BCUT2D eigenvalue weighted by Crippen LogP contribution is 2.28. The fourth-order valence-corrected chi connectivity index (χ4v) is 2.94. The van der Waals surface area contributed by atoms with Crippen LogP contribution in [0.1, 0.15) is 5.56 Å². The van der Waals surface area contributed by atoms with E-state index >= 15 is 0 Å². The molecule has 0 atom stereocenters. The molecule has 21 heavy (non-hydrogen) atoms. The Morgan fingerprint density at radius 3 is 2.71 bits per heavy atom. The fourth-order valence-electron chi connectivity index (χ4n) is 1.66. The number of thioether (sulfide) groups is 1. The van der Waals surface area contributed by atoms with E-state index in [0.717, 1.165) is 5.56 Å². The van der Waals surface area contributed by atoms with Crippen LogP contribution in [0.25, 0.3) is 0 Å². The maximum Gasteiger partial charge on any atom is 0.159 e. The minimum atomic E-state index is 0.450. The third-order valence-electron chi connectivity index (χ3n) is 2.71. The Morgan fingerprint density at radius 1 is 1.24 bits per heavy atom. The first kappa shape index (κ1) is 16.0. The molecule has 0 aliphatic carbocycles. The lowest BCUT2D eigenvalue weighted by molar-refractivity contribution is 0.416. The van der Waals surface area contributed by atoms with Gasteiger partial charge in [-0.3, -0.25) is 0 Å². The van der Waals surface area contributed by atoms with Crippen LogP contribution < -0.4 is 10.5 Å². The average molecular weight is 341 g/mol. The highest BCUT2D eigenvalue weighted by molar-refractivity contribution is 8.13. The van der Waals surface area contributed by atoms with E-state index in [1.807, 2.05) is 30.3 Å². The highest BCUT2D eigenvalue weighted by Gasteiger charge is 2.05. The summed E-state index contributed by atoms with van der Waals surface area (Å²) < 4.78 is 5.23. The molecule has 2 N–H and O–H groups in total. The van der Waals surface area contributed by atoms with Crippen molar-refractivity contribution in [2.45, 2.75) is 5.75 Å². The maximum atomic E-state index is 6.12. The second-order valence-corrected chi connectivity index (χ2v) is 5.99. The molecule has 0 heterocycles. The van der Waals surface area contributed by atoms with Crippen LogP contribution in [0, 0.1) is 0 Å². The molecule has 2 aromatic carbocycles. The predicted molar refractivity (Wildman–Crippen MR) is 92.0 cm³/mol. The smallest absolute Gasteiger partial charge is 0.159 e. The summed E-state index contributed by atoms with van der Waals surface area (Å²) in [6.45, 7) is 0. The highest BCUT2D eigenvalue weighted by atomic mass is 35.5. The summed E-state index contributed by atoms with van der Waals surface area (Å²) in [5.41, 5.74) is 7.61. The largest absolute Gasteiger partial charge is 0.494 e. The van der Waals surface area contributed by atoms with E-state index in [2.05, 4.69) is 4.99 Å². The number of methoxy groups -OCH3 is 1. The molecule has 3 nitrogen and oxygen atoms in total. The second kappa shape index (κ2) is 7.59. The van der Waals surface area contributed by atoms with Crippen molar-refractivity contribution in [1.82, 2.24) is 0 Å². The summed E-state index contributed by atoms with van der Waals surface area (Å²) in [5.74, 6) is 1.31. The third-order valence-corrected chi connectivity index (χ3v) is 4.14. The molecule has 0 saturated carbocycles. The molecule has 0 saturated heterocycles. The van der Waals surface area contributed by atoms with Crippen LogP contribution in [0.4, 0.5) is 5.69 Å². The van der Waals surface area contributed by atoms with Crippen LogP contribution in [0.15, 0.2) is 47.5 Å². The lowest BCUT2D eigenvalue weighted by atomic mass is 10.2. The Kier molecular flexibility index (Phi) is 5.79.